The Kier molecular flexibility index (Phi) is 2.97. The maximum Gasteiger partial charge on any atom is 0.373 e. The zero-order valence-corrected chi connectivity index (χ0v) is 10.3. The quantitative estimate of drug-likeness (QED) is 0.924. The van der Waals surface area contributed by atoms with Crippen LogP contribution in [0.25, 0.3) is 11.5 Å². The summed E-state index contributed by atoms with van der Waals surface area (Å²) >= 11 is 3.04. The average molecular weight is 300 g/mol. The fourth-order valence-electron chi connectivity index (χ4n) is 1.35. The number of hydrogen-bond acceptors (Lipinski definition) is 3. The zero-order chi connectivity index (χ0) is 12.6. The number of rotatable bonds is 2. The molecule has 1 aromatic heterocycles. The maximum atomic E-state index is 13.0. The van der Waals surface area contributed by atoms with Gasteiger partial charge in [-0.05, 0) is 41.1 Å². The molecule has 2 aromatic rings. The first-order chi connectivity index (χ1) is 7.99. The van der Waals surface area contributed by atoms with Gasteiger partial charge in [-0.2, -0.15) is 0 Å². The highest BCUT2D eigenvalue weighted by atomic mass is 79.9. The summed E-state index contributed by atoms with van der Waals surface area (Å²) in [5.41, 5.74) is 0.793. The van der Waals surface area contributed by atoms with E-state index in [1.165, 1.54) is 25.1 Å². The van der Waals surface area contributed by atoms with E-state index in [-0.39, 0.29) is 21.8 Å². The number of carboxylic acids is 1. The van der Waals surface area contributed by atoms with Crippen molar-refractivity contribution in [1.82, 2.24) is 4.98 Å². The van der Waals surface area contributed by atoms with Gasteiger partial charge < -0.3 is 9.52 Å². The number of benzene rings is 1. The molecule has 0 saturated carbocycles. The second kappa shape index (κ2) is 4.29. The summed E-state index contributed by atoms with van der Waals surface area (Å²) < 4.78 is 18.4. The summed E-state index contributed by atoms with van der Waals surface area (Å²) in [6, 6.07) is 4.20. The largest absolute Gasteiger partial charge is 0.475 e. The van der Waals surface area contributed by atoms with E-state index in [0.29, 0.717) is 5.56 Å². The Hall–Kier alpha value is -1.69. The molecule has 17 heavy (non-hydrogen) atoms. The highest BCUT2D eigenvalue weighted by molar-refractivity contribution is 9.10. The van der Waals surface area contributed by atoms with Gasteiger partial charge in [0.05, 0.1) is 10.2 Å². The summed E-state index contributed by atoms with van der Waals surface area (Å²) in [5.74, 6) is -1.64. The third-order valence-corrected chi connectivity index (χ3v) is 2.77. The van der Waals surface area contributed by atoms with E-state index < -0.39 is 11.8 Å². The van der Waals surface area contributed by atoms with Crippen LogP contribution >= 0.6 is 15.9 Å². The van der Waals surface area contributed by atoms with Crippen LogP contribution in [0.5, 0.6) is 0 Å². The van der Waals surface area contributed by atoms with Gasteiger partial charge in [0.25, 0.3) is 0 Å². The number of carbonyl (C=O) groups is 1. The number of halogens is 2. The van der Waals surface area contributed by atoms with Crippen LogP contribution in [-0.4, -0.2) is 16.1 Å². The molecular weight excluding hydrogens is 293 g/mol. The molecule has 0 unspecified atom stereocenters. The second-order valence-electron chi connectivity index (χ2n) is 3.37. The summed E-state index contributed by atoms with van der Waals surface area (Å²) in [5, 5.41) is 8.82. The first-order valence-electron chi connectivity index (χ1n) is 4.65. The van der Waals surface area contributed by atoms with E-state index in [1.807, 2.05) is 0 Å². The van der Waals surface area contributed by atoms with Gasteiger partial charge in [0.2, 0.25) is 11.7 Å². The normalized spacial score (nSPS) is 10.5. The summed E-state index contributed by atoms with van der Waals surface area (Å²) in [6.07, 6.45) is 0. The third kappa shape index (κ3) is 2.21. The fourth-order valence-corrected chi connectivity index (χ4v) is 1.73. The van der Waals surface area contributed by atoms with Crippen molar-refractivity contribution in [2.75, 3.05) is 0 Å². The summed E-state index contributed by atoms with van der Waals surface area (Å²) in [4.78, 5) is 14.8. The number of aromatic nitrogens is 1. The lowest BCUT2D eigenvalue weighted by Gasteiger charge is -1.97. The van der Waals surface area contributed by atoms with Gasteiger partial charge in [-0.15, -0.1) is 0 Å². The highest BCUT2D eigenvalue weighted by Crippen LogP contribution is 2.26. The van der Waals surface area contributed by atoms with Gasteiger partial charge >= 0.3 is 5.97 Å². The first kappa shape index (κ1) is 11.8. The Labute approximate surface area is 104 Å². The molecule has 0 aliphatic heterocycles. The summed E-state index contributed by atoms with van der Waals surface area (Å²) in [7, 11) is 0. The Morgan fingerprint density at radius 1 is 1.53 bits per heavy atom. The molecule has 0 radical (unpaired) electrons. The van der Waals surface area contributed by atoms with E-state index >= 15 is 0 Å². The molecule has 88 valence electrons. The molecule has 0 aliphatic rings. The Morgan fingerprint density at radius 2 is 2.24 bits per heavy atom. The van der Waals surface area contributed by atoms with E-state index in [0.717, 1.165) is 0 Å². The van der Waals surface area contributed by atoms with Gasteiger partial charge in [0.15, 0.2) is 0 Å². The molecule has 2 rings (SSSR count). The van der Waals surface area contributed by atoms with Gasteiger partial charge in [-0.25, -0.2) is 14.2 Å². The molecule has 0 spiro atoms. The van der Waals surface area contributed by atoms with Crippen LogP contribution in [0.15, 0.2) is 27.1 Å². The Balaban J connectivity index is 2.50. The summed E-state index contributed by atoms with van der Waals surface area (Å²) in [6.45, 7) is 1.54. The standard InChI is InChI=1S/C11H7BrFNO3/c1-5-9(11(15)16)17-10(14-5)6-2-3-8(13)7(12)4-6/h2-4H,1H3,(H,15,16). The smallest absolute Gasteiger partial charge is 0.373 e. The maximum absolute atomic E-state index is 13.0. The van der Waals surface area contributed by atoms with E-state index in [4.69, 9.17) is 9.52 Å². The van der Waals surface area contributed by atoms with E-state index in [9.17, 15) is 9.18 Å². The first-order valence-corrected chi connectivity index (χ1v) is 5.44. The van der Waals surface area contributed by atoms with Crippen molar-refractivity contribution in [1.29, 1.82) is 0 Å². The van der Waals surface area contributed by atoms with E-state index in [1.54, 1.807) is 0 Å². The molecule has 1 N–H and O–H groups in total. The molecule has 4 nitrogen and oxygen atoms in total. The minimum Gasteiger partial charge on any atom is -0.475 e. The van der Waals surface area contributed by atoms with Crippen LogP contribution in [0, 0.1) is 12.7 Å². The average Bonchev–Trinajstić information content (AvgIpc) is 2.64. The Bertz CT molecular complexity index is 594. The lowest BCUT2D eigenvalue weighted by Crippen LogP contribution is -1.95. The number of hydrogen-bond donors (Lipinski definition) is 1. The van der Waals surface area contributed by atoms with Crippen molar-refractivity contribution in [2.24, 2.45) is 0 Å². The van der Waals surface area contributed by atoms with Crippen LogP contribution in [0.1, 0.15) is 16.2 Å². The number of nitrogens with zero attached hydrogens (tertiary/aromatic N) is 1. The monoisotopic (exact) mass is 299 g/mol. The minimum atomic E-state index is -1.18. The molecule has 6 heteroatoms. The predicted octanol–water partition coefficient (Wildman–Crippen LogP) is 3.25. The Morgan fingerprint density at radius 3 is 2.76 bits per heavy atom. The molecule has 0 amide bonds. The molecule has 0 bridgehead atoms. The topological polar surface area (TPSA) is 63.3 Å². The fraction of sp³-hybridized carbons (Fsp3) is 0.0909. The van der Waals surface area contributed by atoms with Crippen LogP contribution in [0.2, 0.25) is 0 Å². The van der Waals surface area contributed by atoms with Crippen molar-refractivity contribution >= 4 is 21.9 Å². The number of carboxylic acid groups (broad SMARTS) is 1. The lowest BCUT2D eigenvalue weighted by atomic mass is 10.2. The molecule has 0 saturated heterocycles. The number of aromatic carboxylic acids is 1. The third-order valence-electron chi connectivity index (χ3n) is 2.16. The number of oxazole rings is 1. The molecule has 1 heterocycles. The molecule has 1 aromatic carbocycles. The SMILES string of the molecule is Cc1nc(-c2ccc(F)c(Br)c2)oc1C(=O)O. The van der Waals surface area contributed by atoms with E-state index in [2.05, 4.69) is 20.9 Å². The van der Waals surface area contributed by atoms with Gasteiger partial charge in [-0.3, -0.25) is 0 Å². The molecular formula is C11H7BrFNO3. The molecule has 0 fully saturated rings. The van der Waals surface area contributed by atoms with Crippen molar-refractivity contribution in [3.05, 3.63) is 39.9 Å². The van der Waals surface area contributed by atoms with Crippen molar-refractivity contribution in [2.45, 2.75) is 6.92 Å². The van der Waals surface area contributed by atoms with Gasteiger partial charge in [-0.1, -0.05) is 0 Å². The molecule has 0 atom stereocenters. The number of aryl methyl sites for hydroxylation is 1. The van der Waals surface area contributed by atoms with Crippen molar-refractivity contribution < 1.29 is 18.7 Å². The van der Waals surface area contributed by atoms with Crippen LogP contribution in [0.3, 0.4) is 0 Å². The predicted molar refractivity (Wildman–Crippen MR) is 61.3 cm³/mol. The van der Waals surface area contributed by atoms with Crippen LogP contribution in [0.4, 0.5) is 4.39 Å². The lowest BCUT2D eigenvalue weighted by molar-refractivity contribution is 0.0662. The van der Waals surface area contributed by atoms with Gasteiger partial charge in [0.1, 0.15) is 5.82 Å². The van der Waals surface area contributed by atoms with Crippen molar-refractivity contribution in [3.63, 3.8) is 0 Å². The van der Waals surface area contributed by atoms with Crippen LogP contribution < -0.4 is 0 Å². The van der Waals surface area contributed by atoms with Crippen LogP contribution in [-0.2, 0) is 0 Å². The van der Waals surface area contributed by atoms with Crippen molar-refractivity contribution in [3.8, 4) is 11.5 Å². The highest BCUT2D eigenvalue weighted by Gasteiger charge is 2.17. The zero-order valence-electron chi connectivity index (χ0n) is 8.70. The second-order valence-corrected chi connectivity index (χ2v) is 4.22. The van der Waals surface area contributed by atoms with Gasteiger partial charge in [0, 0.05) is 5.56 Å². The minimum absolute atomic E-state index is 0.153. The molecule has 0 aliphatic carbocycles.